The van der Waals surface area contributed by atoms with Crippen molar-refractivity contribution in [3.05, 3.63) is 11.6 Å². The maximum Gasteiger partial charge on any atom is 0.0614 e. The summed E-state index contributed by atoms with van der Waals surface area (Å²) < 4.78 is 0. The van der Waals surface area contributed by atoms with Gasteiger partial charge in [-0.3, -0.25) is 0 Å². The van der Waals surface area contributed by atoms with Gasteiger partial charge >= 0.3 is 0 Å². The fraction of sp³-hybridized carbons (Fsp3) is 0.714. The average molecular weight is 130 g/mol. The van der Waals surface area contributed by atoms with Gasteiger partial charge in [0.05, 0.1) is 6.61 Å². The fourth-order valence-corrected chi connectivity index (χ4v) is 0.616. The summed E-state index contributed by atoms with van der Waals surface area (Å²) in [6.45, 7) is 2.29. The molecular formula is C7H14O2. The van der Waals surface area contributed by atoms with Gasteiger partial charge in [0.2, 0.25) is 0 Å². The highest BCUT2D eigenvalue weighted by molar-refractivity contribution is 4.97. The Hall–Kier alpha value is -0.340. The van der Waals surface area contributed by atoms with Crippen molar-refractivity contribution in [2.24, 2.45) is 0 Å². The van der Waals surface area contributed by atoms with Gasteiger partial charge in [0.15, 0.2) is 0 Å². The Kier molecular flexibility index (Phi) is 5.57. The van der Waals surface area contributed by atoms with Gasteiger partial charge in [-0.2, -0.15) is 0 Å². The molecule has 0 spiro atoms. The molecule has 2 nitrogen and oxygen atoms in total. The Morgan fingerprint density at radius 2 is 2.11 bits per heavy atom. The maximum absolute atomic E-state index is 8.40. The van der Waals surface area contributed by atoms with Crippen molar-refractivity contribution in [2.75, 3.05) is 13.2 Å². The van der Waals surface area contributed by atoms with Gasteiger partial charge < -0.3 is 10.2 Å². The van der Waals surface area contributed by atoms with E-state index in [1.54, 1.807) is 6.08 Å². The van der Waals surface area contributed by atoms with Crippen molar-refractivity contribution in [3.63, 3.8) is 0 Å². The third-order valence-electron chi connectivity index (χ3n) is 1.17. The molecule has 9 heavy (non-hydrogen) atoms. The van der Waals surface area contributed by atoms with Gasteiger partial charge in [0, 0.05) is 6.61 Å². The van der Waals surface area contributed by atoms with Crippen LogP contribution < -0.4 is 0 Å². The Balaban J connectivity index is 3.25. The Labute approximate surface area is 55.8 Å². The van der Waals surface area contributed by atoms with Crippen LogP contribution in [0.3, 0.4) is 0 Å². The van der Waals surface area contributed by atoms with E-state index in [0.29, 0.717) is 0 Å². The van der Waals surface area contributed by atoms with Crippen LogP contribution in [0.4, 0.5) is 0 Å². The second-order valence-electron chi connectivity index (χ2n) is 2.06. The Morgan fingerprint density at radius 3 is 2.56 bits per heavy atom. The molecule has 0 amide bonds. The van der Waals surface area contributed by atoms with Crippen LogP contribution in [0.5, 0.6) is 0 Å². The first-order chi connectivity index (χ1) is 4.31. The third-order valence-corrected chi connectivity index (χ3v) is 1.17. The number of aliphatic hydroxyl groups is 2. The first-order valence-corrected chi connectivity index (χ1v) is 3.18. The Morgan fingerprint density at radius 1 is 1.44 bits per heavy atom. The standard InChI is InChI=1S/C7H14O2/c1-7(4-6-9)3-2-5-8/h4,8-9H,2-3,5-6H2,1H3/b7-4+. The minimum atomic E-state index is 0.108. The molecule has 0 heterocycles. The van der Waals surface area contributed by atoms with Crippen LogP contribution in [0.1, 0.15) is 19.8 Å². The van der Waals surface area contributed by atoms with E-state index in [0.717, 1.165) is 18.4 Å². The summed E-state index contributed by atoms with van der Waals surface area (Å²) in [4.78, 5) is 0. The highest BCUT2D eigenvalue weighted by Gasteiger charge is 1.86. The van der Waals surface area contributed by atoms with Gasteiger partial charge in [0.1, 0.15) is 0 Å². The lowest BCUT2D eigenvalue weighted by atomic mass is 10.2. The van der Waals surface area contributed by atoms with E-state index in [-0.39, 0.29) is 13.2 Å². The van der Waals surface area contributed by atoms with Crippen molar-refractivity contribution in [3.8, 4) is 0 Å². The molecule has 0 bridgehead atoms. The highest BCUT2D eigenvalue weighted by Crippen LogP contribution is 2.01. The fourth-order valence-electron chi connectivity index (χ4n) is 0.616. The SMILES string of the molecule is C/C(=C\CO)CCCO. The molecule has 0 aromatic carbocycles. The molecule has 0 radical (unpaired) electrons. The van der Waals surface area contributed by atoms with Crippen LogP contribution >= 0.6 is 0 Å². The van der Waals surface area contributed by atoms with E-state index in [1.807, 2.05) is 6.92 Å². The van der Waals surface area contributed by atoms with Crippen LogP contribution in [-0.2, 0) is 0 Å². The molecule has 0 aromatic heterocycles. The van der Waals surface area contributed by atoms with Crippen molar-refractivity contribution in [1.82, 2.24) is 0 Å². The molecule has 0 aliphatic rings. The van der Waals surface area contributed by atoms with Gasteiger partial charge in [-0.25, -0.2) is 0 Å². The zero-order chi connectivity index (χ0) is 7.11. The molecule has 0 rings (SSSR count). The lowest BCUT2D eigenvalue weighted by Crippen LogP contribution is -1.85. The normalized spacial score (nSPS) is 12.1. The van der Waals surface area contributed by atoms with Crippen LogP contribution in [-0.4, -0.2) is 23.4 Å². The zero-order valence-corrected chi connectivity index (χ0v) is 5.80. The largest absolute Gasteiger partial charge is 0.396 e. The average Bonchev–Trinajstić information content (AvgIpc) is 1.85. The molecule has 54 valence electrons. The smallest absolute Gasteiger partial charge is 0.0614 e. The first kappa shape index (κ1) is 8.66. The lowest BCUT2D eigenvalue weighted by molar-refractivity contribution is 0.288. The first-order valence-electron chi connectivity index (χ1n) is 3.18. The molecule has 0 saturated heterocycles. The molecule has 0 unspecified atom stereocenters. The van der Waals surface area contributed by atoms with Crippen LogP contribution in [0.25, 0.3) is 0 Å². The third kappa shape index (κ3) is 5.53. The molecule has 0 fully saturated rings. The van der Waals surface area contributed by atoms with Crippen molar-refractivity contribution >= 4 is 0 Å². The minimum Gasteiger partial charge on any atom is -0.396 e. The maximum atomic E-state index is 8.40. The zero-order valence-electron chi connectivity index (χ0n) is 5.80. The molecular weight excluding hydrogens is 116 g/mol. The summed E-state index contributed by atoms with van der Waals surface area (Å²) in [6.07, 6.45) is 3.44. The van der Waals surface area contributed by atoms with E-state index in [1.165, 1.54) is 0 Å². The number of hydrogen-bond acceptors (Lipinski definition) is 2. The monoisotopic (exact) mass is 130 g/mol. The van der Waals surface area contributed by atoms with Gasteiger partial charge in [-0.15, -0.1) is 0 Å². The van der Waals surface area contributed by atoms with E-state index >= 15 is 0 Å². The van der Waals surface area contributed by atoms with E-state index in [2.05, 4.69) is 0 Å². The molecule has 0 aromatic rings. The summed E-state index contributed by atoms with van der Waals surface area (Å²) in [6, 6.07) is 0. The van der Waals surface area contributed by atoms with Crippen LogP contribution in [0.2, 0.25) is 0 Å². The van der Waals surface area contributed by atoms with Gasteiger partial charge in [-0.1, -0.05) is 11.6 Å². The van der Waals surface area contributed by atoms with Crippen molar-refractivity contribution < 1.29 is 10.2 Å². The van der Waals surface area contributed by atoms with Crippen molar-refractivity contribution in [1.29, 1.82) is 0 Å². The van der Waals surface area contributed by atoms with Crippen molar-refractivity contribution in [2.45, 2.75) is 19.8 Å². The summed E-state index contributed by atoms with van der Waals surface area (Å²) in [7, 11) is 0. The lowest BCUT2D eigenvalue weighted by Gasteiger charge is -1.95. The molecule has 0 aliphatic carbocycles. The van der Waals surface area contributed by atoms with E-state index in [4.69, 9.17) is 10.2 Å². The number of rotatable bonds is 4. The summed E-state index contributed by atoms with van der Waals surface area (Å²) in [5.74, 6) is 0. The molecule has 2 heteroatoms. The summed E-state index contributed by atoms with van der Waals surface area (Å²) in [5.41, 5.74) is 1.14. The van der Waals surface area contributed by atoms with E-state index in [9.17, 15) is 0 Å². The molecule has 0 aliphatic heterocycles. The second-order valence-corrected chi connectivity index (χ2v) is 2.06. The minimum absolute atomic E-state index is 0.108. The van der Waals surface area contributed by atoms with Crippen LogP contribution in [0, 0.1) is 0 Å². The van der Waals surface area contributed by atoms with Gasteiger partial charge in [0.25, 0.3) is 0 Å². The number of aliphatic hydroxyl groups excluding tert-OH is 2. The molecule has 0 saturated carbocycles. The number of hydrogen-bond donors (Lipinski definition) is 2. The summed E-state index contributed by atoms with van der Waals surface area (Å²) in [5, 5.41) is 16.8. The topological polar surface area (TPSA) is 40.5 Å². The van der Waals surface area contributed by atoms with Gasteiger partial charge in [-0.05, 0) is 19.8 Å². The predicted octanol–water partition coefficient (Wildman–Crippen LogP) is 0.698. The highest BCUT2D eigenvalue weighted by atomic mass is 16.3. The van der Waals surface area contributed by atoms with E-state index < -0.39 is 0 Å². The second kappa shape index (κ2) is 5.79. The molecule has 0 atom stereocenters. The van der Waals surface area contributed by atoms with Crippen LogP contribution in [0.15, 0.2) is 11.6 Å². The molecule has 2 N–H and O–H groups in total. The summed E-state index contributed by atoms with van der Waals surface area (Å²) >= 11 is 0. The quantitative estimate of drug-likeness (QED) is 0.550. The number of allylic oxidation sites excluding steroid dienone is 1. The predicted molar refractivity (Wildman–Crippen MR) is 37.2 cm³/mol. The Bertz CT molecular complexity index is 86.9.